The summed E-state index contributed by atoms with van der Waals surface area (Å²) in [7, 11) is 1.69. The summed E-state index contributed by atoms with van der Waals surface area (Å²) in [6.07, 6.45) is 4.63. The standard InChI is InChI=1S/C15H22N2OS/c1-18-13-7-5-12(6-8-13)9-11-17-10-3-2-4-14(17)15(16)19/h5-8,14H,2-4,9-11H2,1H3,(H2,16,19). The molecule has 2 N–H and O–H groups in total. The van der Waals surface area contributed by atoms with Crippen molar-refractivity contribution in [3.05, 3.63) is 29.8 Å². The molecule has 1 aliphatic heterocycles. The molecule has 0 saturated carbocycles. The number of rotatable bonds is 5. The number of ether oxygens (including phenoxy) is 1. The quantitative estimate of drug-likeness (QED) is 0.839. The van der Waals surface area contributed by atoms with Gasteiger partial charge in [-0.2, -0.15) is 0 Å². The molecule has 0 bridgehead atoms. The van der Waals surface area contributed by atoms with Gasteiger partial charge < -0.3 is 10.5 Å². The summed E-state index contributed by atoms with van der Waals surface area (Å²) in [4.78, 5) is 3.07. The highest BCUT2D eigenvalue weighted by Gasteiger charge is 2.23. The molecule has 1 aliphatic rings. The Morgan fingerprint density at radius 3 is 2.74 bits per heavy atom. The van der Waals surface area contributed by atoms with Gasteiger partial charge in [0.05, 0.1) is 18.1 Å². The van der Waals surface area contributed by atoms with Gasteiger partial charge in [0.2, 0.25) is 0 Å². The Morgan fingerprint density at radius 2 is 2.11 bits per heavy atom. The second-order valence-electron chi connectivity index (χ2n) is 5.05. The first-order valence-electron chi connectivity index (χ1n) is 6.87. The summed E-state index contributed by atoms with van der Waals surface area (Å²) in [5, 5.41) is 0. The Kier molecular flexibility index (Phi) is 5.16. The molecule has 1 saturated heterocycles. The lowest BCUT2D eigenvalue weighted by molar-refractivity contribution is 0.195. The van der Waals surface area contributed by atoms with Crippen molar-refractivity contribution in [3.63, 3.8) is 0 Å². The van der Waals surface area contributed by atoms with E-state index in [9.17, 15) is 0 Å². The molecule has 1 fully saturated rings. The molecular formula is C15H22N2OS. The Bertz CT molecular complexity index is 419. The van der Waals surface area contributed by atoms with Gasteiger partial charge >= 0.3 is 0 Å². The molecule has 0 spiro atoms. The maximum absolute atomic E-state index is 5.84. The summed E-state index contributed by atoms with van der Waals surface area (Å²) >= 11 is 5.18. The van der Waals surface area contributed by atoms with Gasteiger partial charge in [0.15, 0.2) is 0 Å². The third-order valence-corrected chi connectivity index (χ3v) is 4.06. The number of thiocarbonyl (C=S) groups is 1. The average molecular weight is 278 g/mol. The average Bonchev–Trinajstić information content (AvgIpc) is 2.46. The normalized spacial score (nSPS) is 20.2. The summed E-state index contributed by atoms with van der Waals surface area (Å²) in [5.41, 5.74) is 7.16. The van der Waals surface area contributed by atoms with Crippen LogP contribution in [-0.4, -0.2) is 36.1 Å². The van der Waals surface area contributed by atoms with Crippen LogP contribution in [0.25, 0.3) is 0 Å². The van der Waals surface area contributed by atoms with E-state index in [1.165, 1.54) is 18.4 Å². The molecule has 0 amide bonds. The fraction of sp³-hybridized carbons (Fsp3) is 0.533. The zero-order chi connectivity index (χ0) is 13.7. The first kappa shape index (κ1) is 14.3. The number of hydrogen-bond acceptors (Lipinski definition) is 3. The summed E-state index contributed by atoms with van der Waals surface area (Å²) in [5.74, 6) is 0.905. The lowest BCUT2D eigenvalue weighted by Crippen LogP contribution is -2.47. The maximum atomic E-state index is 5.84. The molecule has 19 heavy (non-hydrogen) atoms. The van der Waals surface area contributed by atoms with Crippen molar-refractivity contribution < 1.29 is 4.74 Å². The predicted octanol–water partition coefficient (Wildman–Crippen LogP) is 2.38. The number of likely N-dealkylation sites (tertiary alicyclic amines) is 1. The van der Waals surface area contributed by atoms with Crippen molar-refractivity contribution in [1.29, 1.82) is 0 Å². The van der Waals surface area contributed by atoms with Gasteiger partial charge in [-0.05, 0) is 43.5 Å². The molecule has 2 rings (SSSR count). The van der Waals surface area contributed by atoms with E-state index in [0.717, 1.165) is 31.7 Å². The van der Waals surface area contributed by atoms with Gasteiger partial charge in [0.1, 0.15) is 5.75 Å². The van der Waals surface area contributed by atoms with Crippen molar-refractivity contribution in [2.75, 3.05) is 20.2 Å². The maximum Gasteiger partial charge on any atom is 0.118 e. The zero-order valence-electron chi connectivity index (χ0n) is 11.5. The number of nitrogens with zero attached hydrogens (tertiary/aromatic N) is 1. The van der Waals surface area contributed by atoms with Gasteiger partial charge in [0.25, 0.3) is 0 Å². The van der Waals surface area contributed by atoms with Crippen LogP contribution in [0.3, 0.4) is 0 Å². The third kappa shape index (κ3) is 3.91. The summed E-state index contributed by atoms with van der Waals surface area (Å²) in [6.45, 7) is 2.13. The largest absolute Gasteiger partial charge is 0.497 e. The lowest BCUT2D eigenvalue weighted by atomic mass is 10.0. The molecule has 3 nitrogen and oxygen atoms in total. The molecule has 1 heterocycles. The van der Waals surface area contributed by atoms with E-state index in [0.29, 0.717) is 11.0 Å². The van der Waals surface area contributed by atoms with Crippen LogP contribution in [0.15, 0.2) is 24.3 Å². The zero-order valence-corrected chi connectivity index (χ0v) is 12.3. The first-order chi connectivity index (χ1) is 9.20. The van der Waals surface area contributed by atoms with Crippen LogP contribution in [0.2, 0.25) is 0 Å². The lowest BCUT2D eigenvalue weighted by Gasteiger charge is -2.35. The fourth-order valence-corrected chi connectivity index (χ4v) is 2.91. The molecule has 1 unspecified atom stereocenters. The van der Waals surface area contributed by atoms with E-state index in [-0.39, 0.29) is 0 Å². The van der Waals surface area contributed by atoms with Crippen molar-refractivity contribution in [1.82, 2.24) is 4.90 Å². The van der Waals surface area contributed by atoms with Crippen LogP contribution in [0.1, 0.15) is 24.8 Å². The Hall–Kier alpha value is -1.13. The Balaban J connectivity index is 1.90. The molecule has 1 atom stereocenters. The number of benzene rings is 1. The van der Waals surface area contributed by atoms with Crippen LogP contribution in [0, 0.1) is 0 Å². The topological polar surface area (TPSA) is 38.5 Å². The molecular weight excluding hydrogens is 256 g/mol. The summed E-state index contributed by atoms with van der Waals surface area (Å²) in [6, 6.07) is 8.56. The fourth-order valence-electron chi connectivity index (χ4n) is 2.65. The monoisotopic (exact) mass is 278 g/mol. The van der Waals surface area contributed by atoms with E-state index in [1.807, 2.05) is 12.1 Å². The van der Waals surface area contributed by atoms with Crippen molar-refractivity contribution in [2.24, 2.45) is 5.73 Å². The summed E-state index contributed by atoms with van der Waals surface area (Å²) < 4.78 is 5.17. The first-order valence-corrected chi connectivity index (χ1v) is 7.28. The van der Waals surface area contributed by atoms with E-state index in [1.54, 1.807) is 7.11 Å². The van der Waals surface area contributed by atoms with Crippen molar-refractivity contribution >= 4 is 17.2 Å². The minimum Gasteiger partial charge on any atom is -0.497 e. The second kappa shape index (κ2) is 6.87. The second-order valence-corrected chi connectivity index (χ2v) is 5.52. The van der Waals surface area contributed by atoms with E-state index >= 15 is 0 Å². The smallest absolute Gasteiger partial charge is 0.118 e. The van der Waals surface area contributed by atoms with Crippen LogP contribution in [-0.2, 0) is 6.42 Å². The van der Waals surface area contributed by atoms with E-state index < -0.39 is 0 Å². The van der Waals surface area contributed by atoms with Gasteiger partial charge in [-0.25, -0.2) is 0 Å². The number of piperidine rings is 1. The van der Waals surface area contributed by atoms with Crippen LogP contribution >= 0.6 is 12.2 Å². The molecule has 0 aliphatic carbocycles. The van der Waals surface area contributed by atoms with E-state index in [4.69, 9.17) is 22.7 Å². The third-order valence-electron chi connectivity index (χ3n) is 3.79. The molecule has 1 aromatic rings. The van der Waals surface area contributed by atoms with Gasteiger partial charge in [-0.3, -0.25) is 4.90 Å². The number of nitrogens with two attached hydrogens (primary N) is 1. The van der Waals surface area contributed by atoms with E-state index in [2.05, 4.69) is 17.0 Å². The van der Waals surface area contributed by atoms with Crippen LogP contribution < -0.4 is 10.5 Å². The minimum absolute atomic E-state index is 0.294. The van der Waals surface area contributed by atoms with Gasteiger partial charge in [-0.15, -0.1) is 0 Å². The Labute approximate surface area is 120 Å². The van der Waals surface area contributed by atoms with Gasteiger partial charge in [-0.1, -0.05) is 30.8 Å². The molecule has 0 aromatic heterocycles. The number of methoxy groups -OCH3 is 1. The highest BCUT2D eigenvalue weighted by atomic mass is 32.1. The molecule has 1 aromatic carbocycles. The van der Waals surface area contributed by atoms with Crippen LogP contribution in [0.5, 0.6) is 5.75 Å². The minimum atomic E-state index is 0.294. The number of hydrogen-bond donors (Lipinski definition) is 1. The molecule has 4 heteroatoms. The van der Waals surface area contributed by atoms with Gasteiger partial charge in [0, 0.05) is 6.54 Å². The highest BCUT2D eigenvalue weighted by molar-refractivity contribution is 7.80. The molecule has 104 valence electrons. The predicted molar refractivity (Wildman–Crippen MR) is 82.7 cm³/mol. The SMILES string of the molecule is COc1ccc(CCN2CCCCC2C(N)=S)cc1. The van der Waals surface area contributed by atoms with Crippen molar-refractivity contribution in [3.8, 4) is 5.75 Å². The molecule has 0 radical (unpaired) electrons. The van der Waals surface area contributed by atoms with Crippen LogP contribution in [0.4, 0.5) is 0 Å². The highest BCUT2D eigenvalue weighted by Crippen LogP contribution is 2.18. The van der Waals surface area contributed by atoms with Crippen molar-refractivity contribution in [2.45, 2.75) is 31.7 Å². The Morgan fingerprint density at radius 1 is 1.37 bits per heavy atom.